The molecule has 2 saturated heterocycles. The number of hydrogen-bond acceptors (Lipinski definition) is 4. The van der Waals surface area contributed by atoms with Crippen LogP contribution in [0.15, 0.2) is 10.9 Å². The molecular formula is C19H27N3O3. The highest BCUT2D eigenvalue weighted by Gasteiger charge is 2.30. The van der Waals surface area contributed by atoms with E-state index in [0.717, 1.165) is 62.9 Å². The monoisotopic (exact) mass is 345 g/mol. The molecule has 3 heterocycles. The lowest BCUT2D eigenvalue weighted by Gasteiger charge is -2.33. The fourth-order valence-corrected chi connectivity index (χ4v) is 4.30. The minimum atomic E-state index is 0.0299. The van der Waals surface area contributed by atoms with Gasteiger partial charge in [0.2, 0.25) is 5.91 Å². The average molecular weight is 345 g/mol. The van der Waals surface area contributed by atoms with Crippen molar-refractivity contribution in [2.75, 3.05) is 26.3 Å². The predicted molar refractivity (Wildman–Crippen MR) is 93.4 cm³/mol. The lowest BCUT2D eigenvalue weighted by Crippen LogP contribution is -2.43. The topological polar surface area (TPSA) is 64.4 Å². The number of aromatic nitrogens is 2. The van der Waals surface area contributed by atoms with Crippen LogP contribution in [-0.2, 0) is 28.9 Å². The number of ether oxygens (including phenoxy) is 1. The van der Waals surface area contributed by atoms with E-state index < -0.39 is 0 Å². The molecule has 1 aromatic heterocycles. The summed E-state index contributed by atoms with van der Waals surface area (Å²) in [5.74, 6) is 0.734. The van der Waals surface area contributed by atoms with Gasteiger partial charge in [-0.2, -0.15) is 5.10 Å². The SMILES string of the molecule is O=C(C1CCOC1)N1CCC(Cn2nc3c(cc2=O)CCCC3)CC1. The first kappa shape index (κ1) is 16.8. The van der Waals surface area contributed by atoms with E-state index in [-0.39, 0.29) is 17.4 Å². The summed E-state index contributed by atoms with van der Waals surface area (Å²) in [5, 5.41) is 4.63. The molecule has 2 aliphatic heterocycles. The molecule has 25 heavy (non-hydrogen) atoms. The van der Waals surface area contributed by atoms with Crippen LogP contribution in [0.5, 0.6) is 0 Å². The molecule has 1 unspecified atom stereocenters. The molecule has 136 valence electrons. The zero-order chi connectivity index (χ0) is 17.2. The second-order valence-electron chi connectivity index (χ2n) is 7.67. The number of fused-ring (bicyclic) bond motifs is 1. The zero-order valence-electron chi connectivity index (χ0n) is 14.8. The number of carbonyl (C=O) groups is 1. The maximum Gasteiger partial charge on any atom is 0.267 e. The number of nitrogens with zero attached hydrogens (tertiary/aromatic N) is 3. The molecular weight excluding hydrogens is 318 g/mol. The highest BCUT2D eigenvalue weighted by atomic mass is 16.5. The van der Waals surface area contributed by atoms with Gasteiger partial charge in [0.15, 0.2) is 0 Å². The Labute approximate surface area is 148 Å². The van der Waals surface area contributed by atoms with E-state index in [2.05, 4.69) is 5.10 Å². The van der Waals surface area contributed by atoms with Crippen molar-refractivity contribution in [2.24, 2.45) is 11.8 Å². The average Bonchev–Trinajstić information content (AvgIpc) is 3.17. The molecule has 2 fully saturated rings. The first-order chi connectivity index (χ1) is 12.2. The quantitative estimate of drug-likeness (QED) is 0.831. The molecule has 1 amide bonds. The molecule has 3 aliphatic rings. The Balaban J connectivity index is 1.35. The van der Waals surface area contributed by atoms with E-state index in [4.69, 9.17) is 4.74 Å². The Morgan fingerprint density at radius 1 is 1.20 bits per heavy atom. The van der Waals surface area contributed by atoms with Crippen LogP contribution in [-0.4, -0.2) is 46.9 Å². The van der Waals surface area contributed by atoms with Gasteiger partial charge in [-0.1, -0.05) is 0 Å². The van der Waals surface area contributed by atoms with Crippen molar-refractivity contribution in [3.63, 3.8) is 0 Å². The molecule has 0 saturated carbocycles. The van der Waals surface area contributed by atoms with Gasteiger partial charge in [-0.15, -0.1) is 0 Å². The second kappa shape index (κ2) is 7.28. The van der Waals surface area contributed by atoms with Gasteiger partial charge in [-0.25, -0.2) is 4.68 Å². The van der Waals surface area contributed by atoms with E-state index in [9.17, 15) is 9.59 Å². The Hall–Kier alpha value is -1.69. The molecule has 0 N–H and O–H groups in total. The van der Waals surface area contributed by atoms with Gasteiger partial charge in [-0.05, 0) is 56.4 Å². The largest absolute Gasteiger partial charge is 0.381 e. The summed E-state index contributed by atoms with van der Waals surface area (Å²) >= 11 is 0. The van der Waals surface area contributed by atoms with Crippen molar-refractivity contribution in [1.82, 2.24) is 14.7 Å². The normalized spacial score (nSPS) is 24.3. The predicted octanol–water partition coefficient (Wildman–Crippen LogP) is 1.40. The Kier molecular flexibility index (Phi) is 4.88. The standard InChI is InChI=1S/C19H27N3O3/c23-18-11-15-3-1-2-4-17(15)20-22(18)12-14-5-8-21(9-6-14)19(24)16-7-10-25-13-16/h11,14,16H,1-10,12-13H2. The number of aryl methyl sites for hydroxylation is 2. The van der Waals surface area contributed by atoms with Crippen molar-refractivity contribution in [3.8, 4) is 0 Å². The summed E-state index contributed by atoms with van der Waals surface area (Å²) in [5.41, 5.74) is 2.29. The van der Waals surface area contributed by atoms with Gasteiger partial charge in [0.05, 0.1) is 18.2 Å². The third kappa shape index (κ3) is 3.64. The number of hydrogen-bond donors (Lipinski definition) is 0. The van der Waals surface area contributed by atoms with Gasteiger partial charge >= 0.3 is 0 Å². The van der Waals surface area contributed by atoms with Crippen LogP contribution in [0.1, 0.15) is 43.4 Å². The Bertz CT molecular complexity index is 686. The molecule has 1 aromatic rings. The van der Waals surface area contributed by atoms with Crippen LogP contribution < -0.4 is 5.56 Å². The maximum atomic E-state index is 12.5. The molecule has 6 nitrogen and oxygen atoms in total. The third-order valence-electron chi connectivity index (χ3n) is 5.91. The summed E-state index contributed by atoms with van der Waals surface area (Å²) in [6, 6.07) is 1.79. The summed E-state index contributed by atoms with van der Waals surface area (Å²) in [4.78, 5) is 26.8. The van der Waals surface area contributed by atoms with Gasteiger partial charge in [-0.3, -0.25) is 9.59 Å². The first-order valence-corrected chi connectivity index (χ1v) is 9.67. The molecule has 0 spiro atoms. The molecule has 0 bridgehead atoms. The third-order valence-corrected chi connectivity index (χ3v) is 5.91. The Morgan fingerprint density at radius 3 is 2.76 bits per heavy atom. The lowest BCUT2D eigenvalue weighted by molar-refractivity contribution is -0.137. The van der Waals surface area contributed by atoms with E-state index in [1.54, 1.807) is 10.7 Å². The summed E-state index contributed by atoms with van der Waals surface area (Å²) in [7, 11) is 0. The number of likely N-dealkylation sites (tertiary alicyclic amines) is 1. The number of piperidine rings is 1. The number of carbonyl (C=O) groups excluding carboxylic acids is 1. The van der Waals surface area contributed by atoms with Crippen LogP contribution in [0.4, 0.5) is 0 Å². The highest BCUT2D eigenvalue weighted by Crippen LogP contribution is 2.23. The summed E-state index contributed by atoms with van der Waals surface area (Å²) in [6.07, 6.45) is 7.07. The smallest absolute Gasteiger partial charge is 0.267 e. The van der Waals surface area contributed by atoms with Crippen molar-refractivity contribution >= 4 is 5.91 Å². The van der Waals surface area contributed by atoms with Gasteiger partial charge < -0.3 is 9.64 Å². The fourth-order valence-electron chi connectivity index (χ4n) is 4.30. The van der Waals surface area contributed by atoms with Gasteiger partial charge in [0.25, 0.3) is 5.56 Å². The first-order valence-electron chi connectivity index (χ1n) is 9.67. The van der Waals surface area contributed by atoms with Crippen molar-refractivity contribution in [3.05, 3.63) is 27.7 Å². The summed E-state index contributed by atoms with van der Waals surface area (Å²) in [6.45, 7) is 3.55. The number of amides is 1. The van der Waals surface area contributed by atoms with E-state index in [1.807, 2.05) is 4.90 Å². The van der Waals surface area contributed by atoms with Gasteiger partial charge in [0, 0.05) is 32.3 Å². The van der Waals surface area contributed by atoms with Crippen LogP contribution in [0, 0.1) is 11.8 Å². The zero-order valence-corrected chi connectivity index (χ0v) is 14.8. The van der Waals surface area contributed by atoms with Crippen molar-refractivity contribution < 1.29 is 9.53 Å². The minimum absolute atomic E-state index is 0.0299. The molecule has 0 radical (unpaired) electrons. The fraction of sp³-hybridized carbons (Fsp3) is 0.737. The van der Waals surface area contributed by atoms with Crippen LogP contribution in [0.3, 0.4) is 0 Å². The minimum Gasteiger partial charge on any atom is -0.381 e. The lowest BCUT2D eigenvalue weighted by atomic mass is 9.95. The van der Waals surface area contributed by atoms with Crippen molar-refractivity contribution in [1.29, 1.82) is 0 Å². The van der Waals surface area contributed by atoms with E-state index in [0.29, 0.717) is 25.7 Å². The van der Waals surface area contributed by atoms with E-state index in [1.165, 1.54) is 6.42 Å². The molecule has 4 rings (SSSR count). The second-order valence-corrected chi connectivity index (χ2v) is 7.67. The van der Waals surface area contributed by atoms with E-state index >= 15 is 0 Å². The molecule has 1 atom stereocenters. The van der Waals surface area contributed by atoms with Gasteiger partial charge in [0.1, 0.15) is 0 Å². The van der Waals surface area contributed by atoms with Crippen LogP contribution in [0.2, 0.25) is 0 Å². The number of rotatable bonds is 3. The summed E-state index contributed by atoms with van der Waals surface area (Å²) < 4.78 is 7.00. The maximum absolute atomic E-state index is 12.5. The van der Waals surface area contributed by atoms with Crippen LogP contribution in [0.25, 0.3) is 0 Å². The molecule has 1 aliphatic carbocycles. The highest BCUT2D eigenvalue weighted by molar-refractivity contribution is 5.79. The van der Waals surface area contributed by atoms with Crippen LogP contribution >= 0.6 is 0 Å². The molecule has 0 aromatic carbocycles. The Morgan fingerprint density at radius 2 is 2.00 bits per heavy atom. The van der Waals surface area contributed by atoms with Crippen molar-refractivity contribution in [2.45, 2.75) is 51.5 Å². The molecule has 6 heteroatoms.